The van der Waals surface area contributed by atoms with E-state index >= 15 is 4.79 Å². The number of rotatable bonds is 24. The van der Waals surface area contributed by atoms with E-state index in [0.29, 0.717) is 52.7 Å². The SMILES string of the molecule is C=CCOC12Oc3ccc(Oc4ccc(OC)c(C=O)c4)cc3C3C(CCCCO)C(CCCCO)C=C(C(=NOCc4ccccc4)CC1N(Cc1cccc4ccccc14)C(=O)C=Cc1ccc([N+](=O)[O-])cc1)C32. The Morgan fingerprint density at radius 3 is 2.38 bits per heavy atom. The topological polar surface area (TPSA) is 179 Å². The summed E-state index contributed by atoms with van der Waals surface area (Å²) in [6.45, 7) is 4.55. The summed E-state index contributed by atoms with van der Waals surface area (Å²) in [5.74, 6) is -1.13. The fourth-order valence-electron chi connectivity index (χ4n) is 11.4. The van der Waals surface area contributed by atoms with Crippen LogP contribution in [0.25, 0.3) is 16.8 Å². The summed E-state index contributed by atoms with van der Waals surface area (Å²) in [6, 6.07) is 39.8. The smallest absolute Gasteiger partial charge is 0.269 e. The van der Waals surface area contributed by atoms with E-state index in [0.717, 1.165) is 65.0 Å². The molecule has 6 atom stereocenters. The predicted octanol–water partition coefficient (Wildman–Crippen LogP) is 11.9. The first kappa shape index (κ1) is 52.9. The van der Waals surface area contributed by atoms with Gasteiger partial charge in [0, 0.05) is 55.9 Å². The lowest BCUT2D eigenvalue weighted by Gasteiger charge is -2.60. The zero-order valence-electron chi connectivity index (χ0n) is 42.6. The fraction of sp³-hybridized carbons (Fsp3) is 0.306. The molecule has 3 aliphatic rings. The van der Waals surface area contributed by atoms with Gasteiger partial charge in [0.2, 0.25) is 11.7 Å². The molecule has 14 nitrogen and oxygen atoms in total. The number of carbonyl (C=O) groups is 2. The molecule has 1 saturated carbocycles. The molecule has 6 aromatic carbocycles. The molecule has 6 aromatic rings. The van der Waals surface area contributed by atoms with Gasteiger partial charge in [-0.2, -0.15) is 0 Å². The number of benzene rings is 6. The molecule has 2 aliphatic carbocycles. The molecule has 9 rings (SSSR count). The lowest BCUT2D eigenvalue weighted by molar-refractivity contribution is -0.384. The highest BCUT2D eigenvalue weighted by atomic mass is 16.7. The van der Waals surface area contributed by atoms with Crippen LogP contribution in [0.3, 0.4) is 0 Å². The Bertz CT molecular complexity index is 3110. The van der Waals surface area contributed by atoms with Crippen LogP contribution in [-0.4, -0.2) is 76.7 Å². The molecule has 1 fully saturated rings. The molecule has 76 heavy (non-hydrogen) atoms. The molecule has 1 aliphatic heterocycles. The van der Waals surface area contributed by atoms with Crippen LogP contribution in [0.2, 0.25) is 0 Å². The van der Waals surface area contributed by atoms with Gasteiger partial charge in [-0.15, -0.1) is 6.58 Å². The minimum absolute atomic E-state index is 0.0280. The van der Waals surface area contributed by atoms with E-state index < -0.39 is 22.7 Å². The van der Waals surface area contributed by atoms with Crippen LogP contribution in [-0.2, 0) is 27.5 Å². The molecule has 1 amide bonds. The standard InChI is InChI=1S/C62H63N3O11/c1-3-34-73-62-58(64(39-46-19-13-18-44-16-7-8-20-51(44)46)59(69)31-24-42-22-25-48(26-23-42)65(70)71)38-55(63-74-41-43-14-5-4-6-15-43)53-36-45(17-9-11-32-66)52(21-10-12-33-67)60(61(53)62)54-37-50(28-30-57(54)76-62)75-49-27-29-56(72-2)47(35-49)40-68/h3-8,13-16,18-20,22-31,35-37,40,45,52,58,60-61,66-67H,1,9-12,17,21,32-34,38-39,41H2,2H3. The van der Waals surface area contributed by atoms with Gasteiger partial charge < -0.3 is 38.9 Å². The van der Waals surface area contributed by atoms with Gasteiger partial charge in [0.1, 0.15) is 35.6 Å². The van der Waals surface area contributed by atoms with Crippen molar-refractivity contribution in [1.29, 1.82) is 0 Å². The second-order valence-electron chi connectivity index (χ2n) is 19.4. The van der Waals surface area contributed by atoms with Gasteiger partial charge in [-0.1, -0.05) is 103 Å². The third kappa shape index (κ3) is 11.5. The van der Waals surface area contributed by atoms with Crippen molar-refractivity contribution in [2.24, 2.45) is 22.9 Å². The first-order valence-corrected chi connectivity index (χ1v) is 25.9. The lowest BCUT2D eigenvalue weighted by Crippen LogP contribution is -2.70. The second-order valence-corrected chi connectivity index (χ2v) is 19.4. The summed E-state index contributed by atoms with van der Waals surface area (Å²) in [4.78, 5) is 47.0. The number of non-ortho nitro benzene ring substituents is 1. The number of aliphatic hydroxyl groups excluding tert-OH is 2. The Kier molecular flexibility index (Phi) is 17.2. The van der Waals surface area contributed by atoms with Gasteiger partial charge in [-0.05, 0) is 125 Å². The number of hydrogen-bond acceptors (Lipinski definition) is 12. The lowest BCUT2D eigenvalue weighted by atomic mass is 9.55. The molecule has 0 aromatic heterocycles. The molecule has 6 unspecified atom stereocenters. The summed E-state index contributed by atoms with van der Waals surface area (Å²) < 4.78 is 26.8. The van der Waals surface area contributed by atoms with Crippen molar-refractivity contribution in [1.82, 2.24) is 4.90 Å². The Labute approximate surface area is 442 Å². The predicted molar refractivity (Wildman–Crippen MR) is 291 cm³/mol. The molecule has 1 heterocycles. The molecular formula is C62H63N3O11. The number of aldehydes is 1. The number of aliphatic hydroxyl groups is 2. The van der Waals surface area contributed by atoms with Crippen molar-refractivity contribution in [3.05, 3.63) is 202 Å². The second kappa shape index (κ2) is 24.6. The van der Waals surface area contributed by atoms with Gasteiger partial charge in [0.25, 0.3) is 5.69 Å². The van der Waals surface area contributed by atoms with E-state index in [1.54, 1.807) is 47.4 Å². The summed E-state index contributed by atoms with van der Waals surface area (Å²) in [5, 5.41) is 38.8. The third-order valence-electron chi connectivity index (χ3n) is 14.9. The molecule has 392 valence electrons. The van der Waals surface area contributed by atoms with Crippen LogP contribution in [0.1, 0.15) is 83.5 Å². The molecule has 0 spiro atoms. The van der Waals surface area contributed by atoms with Gasteiger partial charge in [0.15, 0.2) is 6.29 Å². The normalized spacial score (nSPS) is 21.0. The minimum Gasteiger partial charge on any atom is -0.496 e. The van der Waals surface area contributed by atoms with Crippen LogP contribution >= 0.6 is 0 Å². The Morgan fingerprint density at radius 1 is 0.895 bits per heavy atom. The average Bonchev–Trinajstić information content (AvgIpc) is 3.57. The zero-order valence-corrected chi connectivity index (χ0v) is 42.6. The number of amides is 1. The number of unbranched alkanes of at least 4 members (excludes halogenated alkanes) is 2. The maximum Gasteiger partial charge on any atom is 0.269 e. The van der Waals surface area contributed by atoms with Crippen LogP contribution < -0.4 is 14.2 Å². The third-order valence-corrected chi connectivity index (χ3v) is 14.9. The van der Waals surface area contributed by atoms with Crippen molar-refractivity contribution >= 4 is 40.4 Å². The van der Waals surface area contributed by atoms with Crippen LogP contribution in [0.5, 0.6) is 23.0 Å². The molecule has 2 N–H and O–H groups in total. The van der Waals surface area contributed by atoms with Crippen molar-refractivity contribution < 1.29 is 48.5 Å². The number of methoxy groups -OCH3 is 1. The monoisotopic (exact) mass is 1030 g/mol. The van der Waals surface area contributed by atoms with Crippen molar-refractivity contribution in [2.75, 3.05) is 26.9 Å². The van der Waals surface area contributed by atoms with E-state index in [2.05, 4.69) is 12.7 Å². The van der Waals surface area contributed by atoms with Crippen LogP contribution in [0, 0.1) is 27.9 Å². The quantitative estimate of drug-likeness (QED) is 0.0147. The number of ether oxygens (including phenoxy) is 4. The summed E-state index contributed by atoms with van der Waals surface area (Å²) >= 11 is 0. The van der Waals surface area contributed by atoms with Gasteiger partial charge in [-0.3, -0.25) is 19.7 Å². The van der Waals surface area contributed by atoms with Gasteiger partial charge in [0.05, 0.1) is 35.8 Å². The highest BCUT2D eigenvalue weighted by Crippen LogP contribution is 2.62. The van der Waals surface area contributed by atoms with Crippen molar-refractivity contribution in [3.63, 3.8) is 0 Å². The summed E-state index contributed by atoms with van der Waals surface area (Å²) in [5.41, 5.74) is 5.02. The first-order chi connectivity index (χ1) is 37.2. The highest BCUT2D eigenvalue weighted by molar-refractivity contribution is 6.03. The Morgan fingerprint density at radius 2 is 1.63 bits per heavy atom. The average molecular weight is 1030 g/mol. The number of hydrogen-bond donors (Lipinski definition) is 2. The molecule has 0 bridgehead atoms. The van der Waals surface area contributed by atoms with Crippen LogP contribution in [0.15, 0.2) is 169 Å². The maximum absolute atomic E-state index is 15.6. The maximum atomic E-state index is 15.6. The molecule has 0 radical (unpaired) electrons. The van der Waals surface area contributed by atoms with Gasteiger partial charge in [-0.25, -0.2) is 0 Å². The van der Waals surface area contributed by atoms with Crippen molar-refractivity contribution in [3.8, 4) is 23.0 Å². The van der Waals surface area contributed by atoms with E-state index in [1.807, 2.05) is 91.0 Å². The summed E-state index contributed by atoms with van der Waals surface area (Å²) in [7, 11) is 1.50. The Balaban J connectivity index is 1.26. The number of nitrogens with zero attached hydrogens (tertiary/aromatic N) is 3. The minimum atomic E-state index is -1.58. The fourth-order valence-corrected chi connectivity index (χ4v) is 11.4. The zero-order chi connectivity index (χ0) is 53.0. The number of carbonyl (C=O) groups excluding carboxylic acids is 2. The molecule has 0 saturated heterocycles. The van der Waals surface area contributed by atoms with E-state index in [4.69, 9.17) is 28.9 Å². The van der Waals surface area contributed by atoms with Crippen LogP contribution in [0.4, 0.5) is 5.69 Å². The molecule has 14 heteroatoms. The number of oxime groups is 1. The van der Waals surface area contributed by atoms with Gasteiger partial charge >= 0.3 is 0 Å². The first-order valence-electron chi connectivity index (χ1n) is 25.9. The van der Waals surface area contributed by atoms with E-state index in [9.17, 15) is 25.1 Å². The number of nitro benzene ring substituents is 1. The highest BCUT2D eigenvalue weighted by Gasteiger charge is 2.65. The van der Waals surface area contributed by atoms with Crippen molar-refractivity contribution in [2.45, 2.75) is 75.8 Å². The molecular weight excluding hydrogens is 963 g/mol. The number of fused-ring (bicyclic) bond motifs is 3. The Hall–Kier alpha value is -7.91. The van der Waals surface area contributed by atoms with E-state index in [-0.39, 0.29) is 68.7 Å². The summed E-state index contributed by atoms with van der Waals surface area (Å²) in [6.07, 6.45) is 12.2. The number of allylic oxidation sites excluding steroid dienone is 1. The van der Waals surface area contributed by atoms with E-state index in [1.165, 1.54) is 25.3 Å². The number of nitro groups is 1. The largest absolute Gasteiger partial charge is 0.496 e.